The van der Waals surface area contributed by atoms with Crippen molar-refractivity contribution in [3.63, 3.8) is 0 Å². The molecular weight excluding hydrogens is 302 g/mol. The molecule has 0 radical (unpaired) electrons. The second-order valence-electron chi connectivity index (χ2n) is 6.19. The summed E-state index contributed by atoms with van der Waals surface area (Å²) >= 11 is 5.94. The van der Waals surface area contributed by atoms with E-state index in [0.717, 1.165) is 45.7 Å². The van der Waals surface area contributed by atoms with Crippen LogP contribution in [-0.4, -0.2) is 78.1 Å². The molecule has 0 saturated carbocycles. The van der Waals surface area contributed by atoms with E-state index in [1.54, 1.807) is 12.1 Å². The summed E-state index contributed by atoms with van der Waals surface area (Å²) in [6.07, 6.45) is 0.997. The van der Waals surface area contributed by atoms with Crippen LogP contribution in [0.15, 0.2) is 18.2 Å². The zero-order valence-corrected chi connectivity index (χ0v) is 13.6. The van der Waals surface area contributed by atoms with Gasteiger partial charge in [-0.05, 0) is 31.7 Å². The van der Waals surface area contributed by atoms with Crippen molar-refractivity contribution in [3.05, 3.63) is 28.8 Å². The molecule has 2 saturated heterocycles. The van der Waals surface area contributed by atoms with Gasteiger partial charge in [-0.2, -0.15) is 0 Å². The summed E-state index contributed by atoms with van der Waals surface area (Å²) in [5, 5.41) is 10.4. The third kappa shape index (κ3) is 3.21. The highest BCUT2D eigenvalue weighted by Crippen LogP contribution is 2.25. The van der Waals surface area contributed by atoms with E-state index >= 15 is 0 Å². The van der Waals surface area contributed by atoms with Crippen LogP contribution < -0.4 is 0 Å². The fourth-order valence-corrected chi connectivity index (χ4v) is 3.43. The van der Waals surface area contributed by atoms with E-state index in [-0.39, 0.29) is 11.7 Å². The Morgan fingerprint density at radius 1 is 1.23 bits per heavy atom. The van der Waals surface area contributed by atoms with Crippen LogP contribution in [0.2, 0.25) is 5.02 Å². The molecule has 22 heavy (non-hydrogen) atoms. The molecule has 1 aromatic carbocycles. The Morgan fingerprint density at radius 2 is 1.95 bits per heavy atom. The zero-order chi connectivity index (χ0) is 15.7. The smallest absolute Gasteiger partial charge is 0.257 e. The third-order valence-electron chi connectivity index (χ3n) is 4.69. The van der Waals surface area contributed by atoms with Crippen LogP contribution >= 0.6 is 11.6 Å². The van der Waals surface area contributed by atoms with Gasteiger partial charge in [0.05, 0.1) is 5.56 Å². The lowest BCUT2D eigenvalue weighted by molar-refractivity contribution is 0.0752. The van der Waals surface area contributed by atoms with Crippen molar-refractivity contribution < 1.29 is 9.90 Å². The number of hydrogen-bond donors (Lipinski definition) is 1. The van der Waals surface area contributed by atoms with Crippen molar-refractivity contribution in [1.29, 1.82) is 0 Å². The molecule has 0 unspecified atom stereocenters. The number of phenolic OH excluding ortho intramolecular Hbond substituents is 1. The maximum Gasteiger partial charge on any atom is 0.257 e. The topological polar surface area (TPSA) is 47.0 Å². The van der Waals surface area contributed by atoms with Crippen molar-refractivity contribution >= 4 is 17.5 Å². The minimum absolute atomic E-state index is 0.00236. The van der Waals surface area contributed by atoms with Crippen LogP contribution in [0.25, 0.3) is 0 Å². The third-order valence-corrected chi connectivity index (χ3v) is 4.93. The summed E-state index contributed by atoms with van der Waals surface area (Å²) in [5.41, 5.74) is 0.298. The number of phenols is 1. The molecule has 1 atom stereocenters. The first-order chi connectivity index (χ1) is 10.5. The van der Waals surface area contributed by atoms with E-state index in [2.05, 4.69) is 16.8 Å². The van der Waals surface area contributed by atoms with E-state index < -0.39 is 0 Å². The van der Waals surface area contributed by atoms with Crippen molar-refractivity contribution in [3.8, 4) is 5.75 Å². The number of carbonyl (C=O) groups excluding carboxylic acids is 1. The zero-order valence-electron chi connectivity index (χ0n) is 12.8. The highest BCUT2D eigenvalue weighted by molar-refractivity contribution is 6.31. The van der Waals surface area contributed by atoms with Crippen LogP contribution in [0, 0.1) is 0 Å². The molecule has 120 valence electrons. The lowest BCUT2D eigenvalue weighted by Crippen LogP contribution is -2.50. The Balaban J connectivity index is 1.65. The number of benzene rings is 1. The van der Waals surface area contributed by atoms with Crippen molar-refractivity contribution in [1.82, 2.24) is 14.7 Å². The predicted molar refractivity (Wildman–Crippen MR) is 86.5 cm³/mol. The number of rotatable bonds is 2. The van der Waals surface area contributed by atoms with Gasteiger partial charge in [0.2, 0.25) is 0 Å². The Labute approximate surface area is 136 Å². The van der Waals surface area contributed by atoms with Gasteiger partial charge < -0.3 is 14.9 Å². The summed E-state index contributed by atoms with van der Waals surface area (Å²) in [6.45, 7) is 5.76. The lowest BCUT2D eigenvalue weighted by atomic mass is 10.1. The maximum atomic E-state index is 12.6. The molecule has 2 aliphatic heterocycles. The Hall–Kier alpha value is -1.30. The second kappa shape index (κ2) is 6.44. The summed E-state index contributed by atoms with van der Waals surface area (Å²) in [4.78, 5) is 19.2. The summed E-state index contributed by atoms with van der Waals surface area (Å²) in [5.74, 6) is -0.130. The van der Waals surface area contributed by atoms with Crippen molar-refractivity contribution in [2.45, 2.75) is 12.5 Å². The van der Waals surface area contributed by atoms with E-state index in [0.29, 0.717) is 16.6 Å². The average molecular weight is 324 g/mol. The first-order valence-corrected chi connectivity index (χ1v) is 8.13. The number of carbonyl (C=O) groups is 1. The molecule has 0 aromatic heterocycles. The van der Waals surface area contributed by atoms with Gasteiger partial charge in [-0.3, -0.25) is 9.69 Å². The first kappa shape index (κ1) is 15.6. The van der Waals surface area contributed by atoms with Gasteiger partial charge in [-0.25, -0.2) is 0 Å². The van der Waals surface area contributed by atoms with Crippen LogP contribution in [0.3, 0.4) is 0 Å². The molecule has 1 aromatic rings. The molecule has 2 aliphatic rings. The molecule has 6 heteroatoms. The minimum Gasteiger partial charge on any atom is -0.507 e. The molecule has 2 heterocycles. The largest absolute Gasteiger partial charge is 0.507 e. The Morgan fingerprint density at radius 3 is 2.68 bits per heavy atom. The summed E-state index contributed by atoms with van der Waals surface area (Å²) < 4.78 is 0. The van der Waals surface area contributed by atoms with E-state index in [9.17, 15) is 9.90 Å². The van der Waals surface area contributed by atoms with Crippen LogP contribution in [0.4, 0.5) is 0 Å². The maximum absolute atomic E-state index is 12.6. The molecular formula is C16H22ClN3O2. The van der Waals surface area contributed by atoms with E-state index in [1.165, 1.54) is 6.07 Å². The van der Waals surface area contributed by atoms with Gasteiger partial charge in [0, 0.05) is 50.3 Å². The molecule has 0 spiro atoms. The number of nitrogens with zero attached hydrogens (tertiary/aromatic N) is 3. The number of likely N-dealkylation sites (N-methyl/N-ethyl adjacent to an activating group) is 1. The number of piperazine rings is 1. The molecule has 2 fully saturated rings. The quantitative estimate of drug-likeness (QED) is 0.896. The highest BCUT2D eigenvalue weighted by Gasteiger charge is 2.32. The number of aromatic hydroxyl groups is 1. The normalized spacial score (nSPS) is 23.9. The van der Waals surface area contributed by atoms with Gasteiger partial charge in [0.25, 0.3) is 5.91 Å². The fourth-order valence-electron chi connectivity index (χ4n) is 3.26. The van der Waals surface area contributed by atoms with E-state index in [1.807, 2.05) is 4.90 Å². The SMILES string of the molecule is CN1CCN([C@H]2CCN(C(=O)c3cc(Cl)ccc3O)C2)CC1. The molecule has 0 bridgehead atoms. The van der Waals surface area contributed by atoms with Crippen molar-refractivity contribution in [2.24, 2.45) is 0 Å². The number of hydrogen-bond acceptors (Lipinski definition) is 4. The first-order valence-electron chi connectivity index (χ1n) is 7.75. The highest BCUT2D eigenvalue weighted by atomic mass is 35.5. The standard InChI is InChI=1S/C16H22ClN3O2/c1-18-6-8-19(9-7-18)13-4-5-20(11-13)16(22)14-10-12(17)2-3-15(14)21/h2-3,10,13,21H,4-9,11H2,1H3/t13-/m0/s1. The minimum atomic E-state index is -0.128. The monoisotopic (exact) mass is 323 g/mol. The number of halogens is 1. The second-order valence-corrected chi connectivity index (χ2v) is 6.63. The summed E-state index contributed by atoms with van der Waals surface area (Å²) in [6, 6.07) is 5.04. The predicted octanol–water partition coefficient (Wildman–Crippen LogP) is 1.51. The molecule has 1 amide bonds. The Kier molecular flexibility index (Phi) is 4.57. The van der Waals surface area contributed by atoms with Crippen LogP contribution in [0.5, 0.6) is 5.75 Å². The molecule has 1 N–H and O–H groups in total. The van der Waals surface area contributed by atoms with Crippen molar-refractivity contribution in [2.75, 3.05) is 46.3 Å². The fraction of sp³-hybridized carbons (Fsp3) is 0.562. The average Bonchev–Trinajstić information content (AvgIpc) is 2.99. The lowest BCUT2D eigenvalue weighted by Gasteiger charge is -2.36. The summed E-state index contributed by atoms with van der Waals surface area (Å²) in [7, 11) is 2.14. The van der Waals surface area contributed by atoms with Crippen LogP contribution in [-0.2, 0) is 0 Å². The molecule has 3 rings (SSSR count). The van der Waals surface area contributed by atoms with Gasteiger partial charge in [0.1, 0.15) is 5.75 Å². The van der Waals surface area contributed by atoms with E-state index in [4.69, 9.17) is 11.6 Å². The molecule has 0 aliphatic carbocycles. The van der Waals surface area contributed by atoms with Gasteiger partial charge >= 0.3 is 0 Å². The van der Waals surface area contributed by atoms with Crippen LogP contribution in [0.1, 0.15) is 16.8 Å². The van der Waals surface area contributed by atoms with Gasteiger partial charge in [0.15, 0.2) is 0 Å². The van der Waals surface area contributed by atoms with Gasteiger partial charge in [-0.15, -0.1) is 0 Å². The molecule has 5 nitrogen and oxygen atoms in total. The number of amides is 1. The Bertz CT molecular complexity index is 558. The number of likely N-dealkylation sites (tertiary alicyclic amines) is 1. The van der Waals surface area contributed by atoms with Gasteiger partial charge in [-0.1, -0.05) is 11.6 Å².